The first kappa shape index (κ1) is 20.0. The molecule has 0 unspecified atom stereocenters. The topological polar surface area (TPSA) is 64.6 Å². The second kappa shape index (κ2) is 9.30. The van der Waals surface area contributed by atoms with E-state index in [2.05, 4.69) is 24.4 Å². The Balaban J connectivity index is 2.47. The van der Waals surface area contributed by atoms with Crippen molar-refractivity contribution in [2.45, 2.75) is 65.0 Å². The number of hydrogen-bond donors (Lipinski definition) is 1. The van der Waals surface area contributed by atoms with Crippen molar-refractivity contribution in [1.82, 2.24) is 5.32 Å². The third-order valence-corrected chi connectivity index (χ3v) is 3.63. The van der Waals surface area contributed by atoms with Gasteiger partial charge in [0, 0.05) is 0 Å². The highest BCUT2D eigenvalue weighted by molar-refractivity contribution is 5.81. The Bertz CT molecular complexity index is 549. The molecule has 134 valence electrons. The van der Waals surface area contributed by atoms with E-state index in [1.807, 2.05) is 12.1 Å². The van der Waals surface area contributed by atoms with Crippen molar-refractivity contribution in [1.29, 1.82) is 0 Å². The number of esters is 1. The van der Waals surface area contributed by atoms with E-state index in [0.29, 0.717) is 6.42 Å². The molecule has 0 fully saturated rings. The lowest BCUT2D eigenvalue weighted by atomic mass is 10.0. The van der Waals surface area contributed by atoms with Crippen LogP contribution < -0.4 is 5.32 Å². The summed E-state index contributed by atoms with van der Waals surface area (Å²) >= 11 is 0. The molecule has 0 spiro atoms. The molecule has 1 amide bonds. The average Bonchev–Trinajstić information content (AvgIpc) is 2.49. The molecular formula is C19H29NO4. The summed E-state index contributed by atoms with van der Waals surface area (Å²) in [5.74, 6) is -0.447. The summed E-state index contributed by atoms with van der Waals surface area (Å²) < 4.78 is 9.96. The number of carbonyl (C=O) groups is 2. The summed E-state index contributed by atoms with van der Waals surface area (Å²) in [5, 5.41) is 2.60. The molecule has 24 heavy (non-hydrogen) atoms. The van der Waals surface area contributed by atoms with Gasteiger partial charge in [0.25, 0.3) is 0 Å². The number of alkyl carbamates (subject to hydrolysis) is 1. The van der Waals surface area contributed by atoms with Gasteiger partial charge < -0.3 is 14.8 Å². The van der Waals surface area contributed by atoms with E-state index >= 15 is 0 Å². The number of amides is 1. The van der Waals surface area contributed by atoms with Crippen LogP contribution in [-0.4, -0.2) is 30.8 Å². The molecule has 0 heterocycles. The molecule has 1 aromatic rings. The molecule has 0 radical (unpaired) electrons. The average molecular weight is 335 g/mol. The minimum absolute atomic E-state index is 0.447. The highest BCUT2D eigenvalue weighted by Crippen LogP contribution is 2.13. The van der Waals surface area contributed by atoms with Gasteiger partial charge in [0.15, 0.2) is 0 Å². The number of methoxy groups -OCH3 is 1. The Morgan fingerprint density at radius 3 is 2.42 bits per heavy atom. The Kier molecular flexibility index (Phi) is 7.75. The summed E-state index contributed by atoms with van der Waals surface area (Å²) in [6.07, 6.45) is 2.63. The second-order valence-corrected chi connectivity index (χ2v) is 6.89. The predicted octanol–water partition coefficient (Wildman–Crippen LogP) is 3.77. The molecule has 1 aromatic carbocycles. The van der Waals surface area contributed by atoms with Gasteiger partial charge in [-0.15, -0.1) is 0 Å². The highest BCUT2D eigenvalue weighted by atomic mass is 16.6. The maximum atomic E-state index is 11.8. The van der Waals surface area contributed by atoms with Crippen molar-refractivity contribution in [2.24, 2.45) is 0 Å². The zero-order valence-electron chi connectivity index (χ0n) is 15.3. The van der Waals surface area contributed by atoms with Crippen molar-refractivity contribution in [3.05, 3.63) is 35.4 Å². The van der Waals surface area contributed by atoms with Crippen molar-refractivity contribution in [3.63, 3.8) is 0 Å². The molecule has 1 N–H and O–H groups in total. The molecule has 0 saturated carbocycles. The standard InChI is InChI=1S/C19H29NO4/c1-14-10-6-7-11-15(14)12-8-9-13-16(17(21)23-5)20-18(22)24-19(2,3)4/h6-7,10-11,16H,8-9,12-13H2,1-5H3,(H,20,22)/t16-/m0/s1. The van der Waals surface area contributed by atoms with Crippen molar-refractivity contribution >= 4 is 12.1 Å². The van der Waals surface area contributed by atoms with Gasteiger partial charge in [-0.2, -0.15) is 0 Å². The fourth-order valence-electron chi connectivity index (χ4n) is 2.40. The number of hydrogen-bond acceptors (Lipinski definition) is 4. The summed E-state index contributed by atoms with van der Waals surface area (Å²) in [6, 6.07) is 7.59. The van der Waals surface area contributed by atoms with Crippen molar-refractivity contribution < 1.29 is 19.1 Å². The maximum Gasteiger partial charge on any atom is 0.408 e. The number of carbonyl (C=O) groups excluding carboxylic acids is 2. The van der Waals surface area contributed by atoms with Crippen LogP contribution in [0.1, 0.15) is 51.2 Å². The lowest BCUT2D eigenvalue weighted by molar-refractivity contribution is -0.143. The van der Waals surface area contributed by atoms with E-state index in [9.17, 15) is 9.59 Å². The molecule has 0 aliphatic heterocycles. The number of nitrogens with one attached hydrogen (secondary N) is 1. The Morgan fingerprint density at radius 1 is 1.17 bits per heavy atom. The molecular weight excluding hydrogens is 306 g/mol. The zero-order chi connectivity index (χ0) is 18.2. The molecule has 1 atom stereocenters. The van der Waals surface area contributed by atoms with Crippen molar-refractivity contribution in [3.8, 4) is 0 Å². The zero-order valence-corrected chi connectivity index (χ0v) is 15.3. The number of ether oxygens (including phenoxy) is 2. The molecule has 0 bridgehead atoms. The molecule has 0 saturated heterocycles. The second-order valence-electron chi connectivity index (χ2n) is 6.89. The first-order valence-electron chi connectivity index (χ1n) is 8.35. The van der Waals surface area contributed by atoms with Gasteiger partial charge >= 0.3 is 12.1 Å². The van der Waals surface area contributed by atoms with E-state index in [4.69, 9.17) is 9.47 Å². The van der Waals surface area contributed by atoms with E-state index in [0.717, 1.165) is 19.3 Å². The van der Waals surface area contributed by atoms with Crippen LogP contribution in [0.15, 0.2) is 24.3 Å². The van der Waals surface area contributed by atoms with E-state index in [1.54, 1.807) is 20.8 Å². The van der Waals surface area contributed by atoms with E-state index in [-0.39, 0.29) is 0 Å². The smallest absolute Gasteiger partial charge is 0.408 e. The van der Waals surface area contributed by atoms with Gasteiger partial charge in [0.2, 0.25) is 0 Å². The molecule has 5 heteroatoms. The van der Waals surface area contributed by atoms with E-state index in [1.165, 1.54) is 18.2 Å². The molecule has 0 aliphatic rings. The fourth-order valence-corrected chi connectivity index (χ4v) is 2.40. The van der Waals surface area contributed by atoms with Crippen LogP contribution in [0, 0.1) is 6.92 Å². The summed E-state index contributed by atoms with van der Waals surface area (Å²) in [5.41, 5.74) is 1.98. The minimum atomic E-state index is -0.679. The van der Waals surface area contributed by atoms with Gasteiger partial charge in [-0.1, -0.05) is 30.7 Å². The third kappa shape index (κ3) is 7.49. The third-order valence-electron chi connectivity index (χ3n) is 3.63. The minimum Gasteiger partial charge on any atom is -0.467 e. The van der Waals surface area contributed by atoms with Crippen LogP contribution >= 0.6 is 0 Å². The van der Waals surface area contributed by atoms with Crippen molar-refractivity contribution in [2.75, 3.05) is 7.11 Å². The summed E-state index contributed by atoms with van der Waals surface area (Å²) in [4.78, 5) is 23.7. The van der Waals surface area contributed by atoms with Crippen LogP contribution in [0.4, 0.5) is 4.79 Å². The summed E-state index contributed by atoms with van der Waals surface area (Å²) in [6.45, 7) is 7.43. The number of aryl methyl sites for hydroxylation is 2. The van der Waals surface area contributed by atoms with Crippen LogP contribution in [0.2, 0.25) is 0 Å². The number of rotatable bonds is 7. The van der Waals surface area contributed by atoms with Gasteiger partial charge in [-0.05, 0) is 58.1 Å². The fraction of sp³-hybridized carbons (Fsp3) is 0.579. The normalized spacial score (nSPS) is 12.4. The SMILES string of the molecule is COC(=O)[C@H](CCCCc1ccccc1C)NC(=O)OC(C)(C)C. The molecule has 0 aromatic heterocycles. The lowest BCUT2D eigenvalue weighted by Gasteiger charge is -2.22. The van der Waals surface area contributed by atoms with Crippen LogP contribution in [0.5, 0.6) is 0 Å². The highest BCUT2D eigenvalue weighted by Gasteiger charge is 2.24. The first-order chi connectivity index (χ1) is 11.2. The van der Waals surface area contributed by atoms with E-state index < -0.39 is 23.7 Å². The predicted molar refractivity (Wildman–Crippen MR) is 93.9 cm³/mol. The Morgan fingerprint density at radius 2 is 1.83 bits per heavy atom. The quantitative estimate of drug-likeness (QED) is 0.608. The van der Waals surface area contributed by atoms with Crippen LogP contribution in [0.25, 0.3) is 0 Å². The summed E-state index contributed by atoms with van der Waals surface area (Å²) in [7, 11) is 1.32. The molecule has 1 rings (SSSR count). The number of benzene rings is 1. The Hall–Kier alpha value is -2.04. The number of unbranched alkanes of at least 4 members (excludes halogenated alkanes) is 1. The maximum absolute atomic E-state index is 11.8. The monoisotopic (exact) mass is 335 g/mol. The first-order valence-corrected chi connectivity index (χ1v) is 8.35. The Labute approximate surface area is 144 Å². The molecule has 0 aliphatic carbocycles. The lowest BCUT2D eigenvalue weighted by Crippen LogP contribution is -2.44. The molecule has 5 nitrogen and oxygen atoms in total. The van der Waals surface area contributed by atoms with Gasteiger partial charge in [0.1, 0.15) is 11.6 Å². The van der Waals surface area contributed by atoms with Crippen LogP contribution in [0.3, 0.4) is 0 Å². The van der Waals surface area contributed by atoms with Crippen LogP contribution in [-0.2, 0) is 20.7 Å². The van der Waals surface area contributed by atoms with Gasteiger partial charge in [-0.25, -0.2) is 9.59 Å². The van der Waals surface area contributed by atoms with Gasteiger partial charge in [-0.3, -0.25) is 0 Å². The van der Waals surface area contributed by atoms with Gasteiger partial charge in [0.05, 0.1) is 7.11 Å². The largest absolute Gasteiger partial charge is 0.467 e.